The Bertz CT molecular complexity index is 414. The fourth-order valence-corrected chi connectivity index (χ4v) is 1.53. The van der Waals surface area contributed by atoms with Gasteiger partial charge in [0.2, 0.25) is 6.08 Å². The van der Waals surface area contributed by atoms with Crippen molar-refractivity contribution in [3.8, 4) is 5.75 Å². The van der Waals surface area contributed by atoms with Crippen molar-refractivity contribution in [3.63, 3.8) is 0 Å². The van der Waals surface area contributed by atoms with E-state index >= 15 is 0 Å². The Balaban J connectivity index is 2.01. The van der Waals surface area contributed by atoms with Crippen molar-refractivity contribution in [1.29, 1.82) is 0 Å². The maximum absolute atomic E-state index is 11.4. The van der Waals surface area contributed by atoms with E-state index in [0.29, 0.717) is 18.7 Å². The van der Waals surface area contributed by atoms with Crippen LogP contribution in [0.2, 0.25) is 0 Å². The lowest BCUT2D eigenvalue weighted by atomic mass is 10.1. The molecule has 0 saturated heterocycles. The molecule has 0 fully saturated rings. The average Bonchev–Trinajstić information content (AvgIpc) is 2.45. The normalized spacial score (nSPS) is 9.47. The van der Waals surface area contributed by atoms with Crippen LogP contribution in [0.25, 0.3) is 0 Å². The first kappa shape index (κ1) is 14.9. The second-order valence-electron chi connectivity index (χ2n) is 4.08. The number of aliphatic imine (C=N–C) groups is 1. The molecule has 0 unspecified atom stereocenters. The SMILES string of the molecule is O=C=NCCCCCCC(=O)NOc1ccccc1. The van der Waals surface area contributed by atoms with Gasteiger partial charge in [0, 0.05) is 6.42 Å². The number of amides is 1. The molecule has 5 heteroatoms. The number of para-hydroxylation sites is 1. The summed E-state index contributed by atoms with van der Waals surface area (Å²) in [6, 6.07) is 9.09. The van der Waals surface area contributed by atoms with Crippen molar-refractivity contribution < 1.29 is 14.4 Å². The minimum Gasteiger partial charge on any atom is -0.380 e. The number of nitrogens with one attached hydrogen (secondary N) is 1. The molecule has 1 amide bonds. The van der Waals surface area contributed by atoms with Gasteiger partial charge in [-0.1, -0.05) is 31.0 Å². The standard InChI is InChI=1S/C14H18N2O3/c17-12-15-11-7-2-1-6-10-14(18)16-19-13-8-4-3-5-9-13/h3-5,8-9H,1-2,6-7,10-11H2,(H,16,18). The quantitative estimate of drug-likeness (QED) is 0.321. The molecule has 0 aliphatic carbocycles. The third kappa shape index (κ3) is 7.73. The van der Waals surface area contributed by atoms with Crippen LogP contribution in [0.15, 0.2) is 35.3 Å². The van der Waals surface area contributed by atoms with Gasteiger partial charge in [0.15, 0.2) is 5.75 Å². The number of rotatable bonds is 9. The molecular formula is C14H18N2O3. The first-order chi connectivity index (χ1) is 9.33. The molecule has 0 saturated carbocycles. The van der Waals surface area contributed by atoms with E-state index in [1.807, 2.05) is 18.2 Å². The third-order valence-corrected chi connectivity index (χ3v) is 2.51. The number of carbonyl (C=O) groups is 1. The summed E-state index contributed by atoms with van der Waals surface area (Å²) in [5.41, 5.74) is 2.40. The fourth-order valence-electron chi connectivity index (χ4n) is 1.53. The molecule has 0 atom stereocenters. The van der Waals surface area contributed by atoms with Gasteiger partial charge in [0.05, 0.1) is 6.54 Å². The van der Waals surface area contributed by atoms with Crippen molar-refractivity contribution in [3.05, 3.63) is 30.3 Å². The fraction of sp³-hybridized carbons (Fsp3) is 0.429. The number of isocyanates is 1. The zero-order valence-electron chi connectivity index (χ0n) is 10.8. The predicted molar refractivity (Wildman–Crippen MR) is 71.3 cm³/mol. The van der Waals surface area contributed by atoms with E-state index in [-0.39, 0.29) is 5.91 Å². The Morgan fingerprint density at radius 2 is 1.89 bits per heavy atom. The highest BCUT2D eigenvalue weighted by Crippen LogP contribution is 2.07. The summed E-state index contributed by atoms with van der Waals surface area (Å²) in [5.74, 6) is 0.484. The van der Waals surface area contributed by atoms with Gasteiger partial charge in [0.1, 0.15) is 0 Å². The molecule has 102 valence electrons. The number of hydroxylamine groups is 1. The van der Waals surface area contributed by atoms with Crippen LogP contribution in [-0.2, 0) is 9.59 Å². The van der Waals surface area contributed by atoms with E-state index in [1.54, 1.807) is 12.1 Å². The molecular weight excluding hydrogens is 244 g/mol. The summed E-state index contributed by atoms with van der Waals surface area (Å²) < 4.78 is 0. The summed E-state index contributed by atoms with van der Waals surface area (Å²) in [6.45, 7) is 0.521. The van der Waals surface area contributed by atoms with E-state index in [0.717, 1.165) is 25.7 Å². The molecule has 1 N–H and O–H groups in total. The van der Waals surface area contributed by atoms with E-state index in [4.69, 9.17) is 4.84 Å². The van der Waals surface area contributed by atoms with E-state index in [9.17, 15) is 9.59 Å². The summed E-state index contributed by atoms with van der Waals surface area (Å²) >= 11 is 0. The Hall–Kier alpha value is -2.13. The molecule has 5 nitrogen and oxygen atoms in total. The molecule has 0 aromatic heterocycles. The molecule has 0 aliphatic heterocycles. The van der Waals surface area contributed by atoms with Crippen molar-refractivity contribution >= 4 is 12.0 Å². The zero-order valence-corrected chi connectivity index (χ0v) is 10.8. The average molecular weight is 262 g/mol. The Morgan fingerprint density at radius 1 is 1.16 bits per heavy atom. The van der Waals surface area contributed by atoms with Crippen molar-refractivity contribution in [2.45, 2.75) is 32.1 Å². The van der Waals surface area contributed by atoms with Gasteiger partial charge in [0.25, 0.3) is 5.91 Å². The molecule has 0 radical (unpaired) electrons. The van der Waals surface area contributed by atoms with Crippen molar-refractivity contribution in [1.82, 2.24) is 5.48 Å². The zero-order chi connectivity index (χ0) is 13.8. The summed E-state index contributed by atoms with van der Waals surface area (Å²) in [7, 11) is 0. The highest BCUT2D eigenvalue weighted by Gasteiger charge is 2.01. The second-order valence-corrected chi connectivity index (χ2v) is 4.08. The number of unbranched alkanes of at least 4 members (excludes halogenated alkanes) is 3. The van der Waals surface area contributed by atoms with Crippen molar-refractivity contribution in [2.24, 2.45) is 4.99 Å². The van der Waals surface area contributed by atoms with Gasteiger partial charge < -0.3 is 4.84 Å². The van der Waals surface area contributed by atoms with Crippen LogP contribution in [0.3, 0.4) is 0 Å². The molecule has 1 aromatic carbocycles. The van der Waals surface area contributed by atoms with Crippen LogP contribution >= 0.6 is 0 Å². The Kier molecular flexibility index (Phi) is 7.74. The molecule has 1 aromatic rings. The van der Waals surface area contributed by atoms with Gasteiger partial charge in [-0.05, 0) is 25.0 Å². The maximum Gasteiger partial charge on any atom is 0.252 e. The first-order valence-electron chi connectivity index (χ1n) is 6.37. The first-order valence-corrected chi connectivity index (χ1v) is 6.37. The molecule has 0 aliphatic rings. The molecule has 0 heterocycles. The van der Waals surface area contributed by atoms with Crippen LogP contribution in [0.5, 0.6) is 5.75 Å². The number of carbonyl (C=O) groups excluding carboxylic acids is 2. The minimum atomic E-state index is -0.130. The topological polar surface area (TPSA) is 67.8 Å². The molecule has 0 bridgehead atoms. The number of benzene rings is 1. The molecule has 19 heavy (non-hydrogen) atoms. The Labute approximate surface area is 112 Å². The number of nitrogens with zero attached hydrogens (tertiary/aromatic N) is 1. The molecule has 0 spiro atoms. The number of hydrogen-bond donors (Lipinski definition) is 1. The maximum atomic E-state index is 11.4. The lowest BCUT2D eigenvalue weighted by molar-refractivity contribution is -0.127. The molecule has 1 rings (SSSR count). The van der Waals surface area contributed by atoms with Crippen LogP contribution in [0.4, 0.5) is 0 Å². The summed E-state index contributed by atoms with van der Waals surface area (Å²) in [6.07, 6.45) is 5.49. The van der Waals surface area contributed by atoms with Gasteiger partial charge in [-0.2, -0.15) is 5.48 Å². The largest absolute Gasteiger partial charge is 0.380 e. The second kappa shape index (κ2) is 9.85. The van der Waals surface area contributed by atoms with Crippen LogP contribution < -0.4 is 10.3 Å². The van der Waals surface area contributed by atoms with Crippen LogP contribution in [0, 0.1) is 0 Å². The van der Waals surface area contributed by atoms with Gasteiger partial charge >= 0.3 is 0 Å². The highest BCUT2D eigenvalue weighted by molar-refractivity contribution is 5.74. The van der Waals surface area contributed by atoms with Gasteiger partial charge in [-0.3, -0.25) is 4.79 Å². The van der Waals surface area contributed by atoms with Crippen LogP contribution in [0.1, 0.15) is 32.1 Å². The van der Waals surface area contributed by atoms with Crippen LogP contribution in [-0.4, -0.2) is 18.5 Å². The monoisotopic (exact) mass is 262 g/mol. The lowest BCUT2D eigenvalue weighted by Crippen LogP contribution is -2.26. The van der Waals surface area contributed by atoms with E-state index in [2.05, 4.69) is 10.5 Å². The van der Waals surface area contributed by atoms with E-state index < -0.39 is 0 Å². The summed E-state index contributed by atoms with van der Waals surface area (Å²) in [5, 5.41) is 0. The smallest absolute Gasteiger partial charge is 0.252 e. The highest BCUT2D eigenvalue weighted by atomic mass is 16.7. The number of hydrogen-bond acceptors (Lipinski definition) is 4. The van der Waals surface area contributed by atoms with Gasteiger partial charge in [-0.15, -0.1) is 0 Å². The third-order valence-electron chi connectivity index (χ3n) is 2.51. The van der Waals surface area contributed by atoms with Crippen molar-refractivity contribution in [2.75, 3.05) is 6.54 Å². The lowest BCUT2D eigenvalue weighted by Gasteiger charge is -2.06. The minimum absolute atomic E-state index is 0.130. The Morgan fingerprint density at radius 3 is 2.63 bits per heavy atom. The van der Waals surface area contributed by atoms with E-state index in [1.165, 1.54) is 6.08 Å². The summed E-state index contributed by atoms with van der Waals surface area (Å²) in [4.78, 5) is 29.8. The van der Waals surface area contributed by atoms with Gasteiger partial charge in [-0.25, -0.2) is 9.79 Å². The predicted octanol–water partition coefficient (Wildman–Crippen LogP) is 2.38.